The molecule has 19 heavy (non-hydrogen) atoms. The second-order valence-corrected chi connectivity index (χ2v) is 5.63. The van der Waals surface area contributed by atoms with Gasteiger partial charge in [-0.15, -0.1) is 16.9 Å². The minimum absolute atomic E-state index is 0.0144. The van der Waals surface area contributed by atoms with Crippen LogP contribution in [0.3, 0.4) is 0 Å². The molecule has 0 spiro atoms. The van der Waals surface area contributed by atoms with Crippen LogP contribution in [0.2, 0.25) is 0 Å². The van der Waals surface area contributed by atoms with Crippen molar-refractivity contribution in [2.24, 2.45) is 5.73 Å². The maximum absolute atomic E-state index is 6.02. The first-order valence-corrected chi connectivity index (χ1v) is 7.61. The van der Waals surface area contributed by atoms with E-state index in [4.69, 9.17) is 5.73 Å². The van der Waals surface area contributed by atoms with E-state index in [0.29, 0.717) is 0 Å². The summed E-state index contributed by atoms with van der Waals surface area (Å²) in [7, 11) is 0. The van der Waals surface area contributed by atoms with Crippen LogP contribution in [0.1, 0.15) is 31.5 Å². The molecule has 1 aromatic carbocycles. The van der Waals surface area contributed by atoms with Gasteiger partial charge >= 0.3 is 0 Å². The fourth-order valence-electron chi connectivity index (χ4n) is 1.83. The summed E-state index contributed by atoms with van der Waals surface area (Å²) in [4.78, 5) is 1.28. The molecule has 1 unspecified atom stereocenters. The zero-order chi connectivity index (χ0) is 13.5. The van der Waals surface area contributed by atoms with E-state index in [1.807, 2.05) is 28.7 Å². The molecule has 0 bridgehead atoms. The average molecular weight is 276 g/mol. The van der Waals surface area contributed by atoms with Crippen molar-refractivity contribution in [3.05, 3.63) is 42.2 Å². The fraction of sp³-hybridized carbons (Fsp3) is 0.429. The Morgan fingerprint density at radius 2 is 2.11 bits per heavy atom. The van der Waals surface area contributed by atoms with Crippen molar-refractivity contribution in [1.82, 2.24) is 15.0 Å². The molecule has 1 atom stereocenters. The maximum atomic E-state index is 6.02. The molecular weight excluding hydrogens is 256 g/mol. The molecule has 2 aromatic rings. The zero-order valence-electron chi connectivity index (χ0n) is 11.2. The van der Waals surface area contributed by atoms with E-state index < -0.39 is 0 Å². The Morgan fingerprint density at radius 3 is 2.84 bits per heavy atom. The highest BCUT2D eigenvalue weighted by atomic mass is 32.2. The number of rotatable bonds is 7. The maximum Gasteiger partial charge on any atom is 0.0994 e. The van der Waals surface area contributed by atoms with Crippen molar-refractivity contribution < 1.29 is 0 Å². The van der Waals surface area contributed by atoms with Crippen LogP contribution in [0.4, 0.5) is 0 Å². The number of benzene rings is 1. The van der Waals surface area contributed by atoms with Crippen molar-refractivity contribution in [1.29, 1.82) is 0 Å². The summed E-state index contributed by atoms with van der Waals surface area (Å²) in [6.45, 7) is 2.98. The predicted molar refractivity (Wildman–Crippen MR) is 79.0 cm³/mol. The minimum atomic E-state index is 0.0144. The Balaban J connectivity index is 1.80. The highest BCUT2D eigenvalue weighted by molar-refractivity contribution is 7.99. The molecule has 0 aliphatic carbocycles. The molecule has 0 fully saturated rings. The van der Waals surface area contributed by atoms with E-state index in [9.17, 15) is 0 Å². The van der Waals surface area contributed by atoms with E-state index in [0.717, 1.165) is 30.8 Å². The van der Waals surface area contributed by atoms with E-state index in [2.05, 4.69) is 41.5 Å². The molecule has 0 radical (unpaired) electrons. The predicted octanol–water partition coefficient (Wildman–Crippen LogP) is 2.87. The van der Waals surface area contributed by atoms with Gasteiger partial charge in [-0.25, -0.2) is 0 Å². The van der Waals surface area contributed by atoms with Gasteiger partial charge < -0.3 is 5.73 Å². The van der Waals surface area contributed by atoms with Gasteiger partial charge in [-0.3, -0.25) is 4.68 Å². The molecule has 4 nitrogen and oxygen atoms in total. The van der Waals surface area contributed by atoms with Gasteiger partial charge in [0.05, 0.1) is 24.5 Å². The molecule has 2 N–H and O–H groups in total. The van der Waals surface area contributed by atoms with E-state index >= 15 is 0 Å². The normalized spacial score (nSPS) is 12.5. The third-order valence-corrected chi connectivity index (χ3v) is 3.86. The number of hydrogen-bond donors (Lipinski definition) is 1. The van der Waals surface area contributed by atoms with Crippen molar-refractivity contribution in [3.8, 4) is 0 Å². The Kier molecular flexibility index (Phi) is 5.42. The SMILES string of the molecule is CCCC(N)c1cn(CCSc2ccccc2)nn1. The second kappa shape index (κ2) is 7.31. The molecule has 1 aromatic heterocycles. The highest BCUT2D eigenvalue weighted by Gasteiger charge is 2.09. The van der Waals surface area contributed by atoms with Gasteiger partial charge in [0.2, 0.25) is 0 Å². The molecule has 1 heterocycles. The van der Waals surface area contributed by atoms with E-state index in [1.165, 1.54) is 4.90 Å². The molecule has 0 saturated heterocycles. The van der Waals surface area contributed by atoms with Crippen molar-refractivity contribution in [3.63, 3.8) is 0 Å². The third kappa shape index (κ3) is 4.36. The lowest BCUT2D eigenvalue weighted by Crippen LogP contribution is -2.10. The van der Waals surface area contributed by atoms with Crippen LogP contribution in [0, 0.1) is 0 Å². The Morgan fingerprint density at radius 1 is 1.32 bits per heavy atom. The molecule has 0 amide bonds. The average Bonchev–Trinajstić information content (AvgIpc) is 2.89. The van der Waals surface area contributed by atoms with Gasteiger partial charge in [0.1, 0.15) is 0 Å². The monoisotopic (exact) mass is 276 g/mol. The Labute approximate surface area is 118 Å². The topological polar surface area (TPSA) is 56.7 Å². The first-order valence-electron chi connectivity index (χ1n) is 6.63. The van der Waals surface area contributed by atoms with Gasteiger partial charge in [-0.1, -0.05) is 36.8 Å². The number of hydrogen-bond acceptors (Lipinski definition) is 4. The van der Waals surface area contributed by atoms with Crippen LogP contribution < -0.4 is 5.73 Å². The number of nitrogens with zero attached hydrogens (tertiary/aromatic N) is 3. The van der Waals surface area contributed by atoms with Crippen molar-refractivity contribution in [2.45, 2.75) is 37.2 Å². The second-order valence-electron chi connectivity index (χ2n) is 4.46. The summed E-state index contributed by atoms with van der Waals surface area (Å²) >= 11 is 1.82. The molecule has 0 aliphatic heterocycles. The van der Waals surface area contributed by atoms with Crippen LogP contribution in [0.15, 0.2) is 41.4 Å². The summed E-state index contributed by atoms with van der Waals surface area (Å²) in [6, 6.07) is 10.4. The van der Waals surface area contributed by atoms with Crippen LogP contribution in [0.5, 0.6) is 0 Å². The number of aryl methyl sites for hydroxylation is 1. The number of aromatic nitrogens is 3. The third-order valence-electron chi connectivity index (χ3n) is 2.87. The van der Waals surface area contributed by atoms with Crippen molar-refractivity contribution >= 4 is 11.8 Å². The van der Waals surface area contributed by atoms with Crippen LogP contribution >= 0.6 is 11.8 Å². The molecule has 0 saturated carbocycles. The van der Waals surface area contributed by atoms with E-state index in [1.54, 1.807) is 0 Å². The van der Waals surface area contributed by atoms with Gasteiger partial charge in [0.25, 0.3) is 0 Å². The summed E-state index contributed by atoms with van der Waals surface area (Å²) in [5, 5.41) is 8.26. The Hall–Kier alpha value is -1.33. The minimum Gasteiger partial charge on any atom is -0.323 e. The number of nitrogens with two attached hydrogens (primary N) is 1. The summed E-state index contributed by atoms with van der Waals surface area (Å²) < 4.78 is 1.88. The van der Waals surface area contributed by atoms with Crippen LogP contribution in [-0.4, -0.2) is 20.7 Å². The highest BCUT2D eigenvalue weighted by Crippen LogP contribution is 2.17. The van der Waals surface area contributed by atoms with Crippen LogP contribution in [0.25, 0.3) is 0 Å². The largest absolute Gasteiger partial charge is 0.323 e. The molecular formula is C14H20N4S. The number of thioether (sulfide) groups is 1. The summed E-state index contributed by atoms with van der Waals surface area (Å²) in [5.41, 5.74) is 6.91. The van der Waals surface area contributed by atoms with Gasteiger partial charge in [-0.2, -0.15) is 0 Å². The van der Waals surface area contributed by atoms with Crippen LogP contribution in [-0.2, 0) is 6.54 Å². The van der Waals surface area contributed by atoms with Gasteiger partial charge in [0.15, 0.2) is 0 Å². The fourth-order valence-corrected chi connectivity index (χ4v) is 2.69. The Bertz CT molecular complexity index is 483. The van der Waals surface area contributed by atoms with E-state index in [-0.39, 0.29) is 6.04 Å². The lowest BCUT2D eigenvalue weighted by molar-refractivity contribution is 0.615. The lowest BCUT2D eigenvalue weighted by Gasteiger charge is -2.04. The quantitative estimate of drug-likeness (QED) is 0.790. The van der Waals surface area contributed by atoms with Gasteiger partial charge in [0, 0.05) is 10.6 Å². The standard InChI is InChI=1S/C14H20N4S/c1-2-6-13(15)14-11-18(17-16-14)9-10-19-12-7-4-3-5-8-12/h3-5,7-8,11,13H,2,6,9-10,15H2,1H3. The molecule has 2 rings (SSSR count). The first-order chi connectivity index (χ1) is 9.29. The smallest absolute Gasteiger partial charge is 0.0994 e. The molecule has 5 heteroatoms. The first kappa shape index (κ1) is 14.1. The zero-order valence-corrected chi connectivity index (χ0v) is 12.0. The summed E-state index contributed by atoms with van der Waals surface area (Å²) in [5.74, 6) is 0.982. The molecule has 0 aliphatic rings. The lowest BCUT2D eigenvalue weighted by atomic mass is 10.1. The molecule has 102 valence electrons. The summed E-state index contributed by atoms with van der Waals surface area (Å²) in [6.07, 6.45) is 3.99. The van der Waals surface area contributed by atoms with Gasteiger partial charge in [-0.05, 0) is 18.6 Å². The van der Waals surface area contributed by atoms with Crippen molar-refractivity contribution in [2.75, 3.05) is 5.75 Å².